The molecule has 0 aliphatic carbocycles. The molecule has 1 aliphatic rings. The molecule has 0 radical (unpaired) electrons. The Morgan fingerprint density at radius 3 is 2.52 bits per heavy atom. The Labute approximate surface area is 176 Å². The molecule has 0 spiro atoms. The lowest BCUT2D eigenvalue weighted by Crippen LogP contribution is -2.44. The van der Waals surface area contributed by atoms with Gasteiger partial charge in [-0.3, -0.25) is 9.59 Å². The van der Waals surface area contributed by atoms with Crippen molar-refractivity contribution in [2.24, 2.45) is 5.41 Å². The van der Waals surface area contributed by atoms with E-state index in [0.29, 0.717) is 0 Å². The number of rotatable bonds is 6. The standard InChI is InChI=1S/C22H22F4N2O3/c1-21(2,12-29)11-28-18(17-9-15(23)6-7-16(17)20(28)31)19(30)27-10-13-4-3-5-14(8-13)22(24,25)26/h3-9,18,29H,10-12H2,1-2H3,(H,27,30). The number of carbonyl (C=O) groups excluding carboxylic acids is 2. The molecule has 166 valence electrons. The van der Waals surface area contributed by atoms with Crippen LogP contribution in [0.5, 0.6) is 0 Å². The summed E-state index contributed by atoms with van der Waals surface area (Å²) in [7, 11) is 0. The number of aliphatic hydroxyl groups excluding tert-OH is 1. The summed E-state index contributed by atoms with van der Waals surface area (Å²) < 4.78 is 52.6. The molecule has 31 heavy (non-hydrogen) atoms. The van der Waals surface area contributed by atoms with E-state index in [-0.39, 0.29) is 36.4 Å². The maximum absolute atomic E-state index is 13.9. The minimum atomic E-state index is -4.51. The number of aliphatic hydroxyl groups is 1. The Morgan fingerprint density at radius 2 is 1.87 bits per heavy atom. The summed E-state index contributed by atoms with van der Waals surface area (Å²) in [5, 5.41) is 12.1. The summed E-state index contributed by atoms with van der Waals surface area (Å²) >= 11 is 0. The van der Waals surface area contributed by atoms with E-state index < -0.39 is 40.8 Å². The van der Waals surface area contributed by atoms with Crippen LogP contribution < -0.4 is 5.32 Å². The Balaban J connectivity index is 1.86. The number of nitrogens with one attached hydrogen (secondary N) is 1. The van der Waals surface area contributed by atoms with E-state index in [4.69, 9.17) is 0 Å². The van der Waals surface area contributed by atoms with Crippen molar-refractivity contribution in [3.8, 4) is 0 Å². The largest absolute Gasteiger partial charge is 0.416 e. The van der Waals surface area contributed by atoms with Crippen LogP contribution in [0.4, 0.5) is 17.6 Å². The predicted octanol–water partition coefficient (Wildman–Crippen LogP) is 3.68. The van der Waals surface area contributed by atoms with Gasteiger partial charge in [0.2, 0.25) is 5.91 Å². The second kappa shape index (κ2) is 8.30. The van der Waals surface area contributed by atoms with Gasteiger partial charge in [-0.15, -0.1) is 0 Å². The molecule has 1 unspecified atom stereocenters. The number of fused-ring (bicyclic) bond motifs is 1. The molecular weight excluding hydrogens is 416 g/mol. The molecular formula is C22H22F4N2O3. The second-order valence-electron chi connectivity index (χ2n) is 8.31. The zero-order valence-electron chi connectivity index (χ0n) is 17.0. The van der Waals surface area contributed by atoms with E-state index in [9.17, 15) is 32.3 Å². The third kappa shape index (κ3) is 4.87. The summed E-state index contributed by atoms with van der Waals surface area (Å²) in [4.78, 5) is 27.1. The molecule has 2 N–H and O–H groups in total. The average molecular weight is 438 g/mol. The topological polar surface area (TPSA) is 69.6 Å². The number of nitrogens with zero attached hydrogens (tertiary/aromatic N) is 1. The van der Waals surface area contributed by atoms with Gasteiger partial charge in [0, 0.05) is 30.7 Å². The lowest BCUT2D eigenvalue weighted by molar-refractivity contribution is -0.137. The molecule has 1 heterocycles. The van der Waals surface area contributed by atoms with Crippen molar-refractivity contribution >= 4 is 11.8 Å². The Hall–Kier alpha value is -2.94. The molecule has 2 aromatic rings. The minimum absolute atomic E-state index is 0.0281. The van der Waals surface area contributed by atoms with Crippen LogP contribution in [0.15, 0.2) is 42.5 Å². The quantitative estimate of drug-likeness (QED) is 0.677. The van der Waals surface area contributed by atoms with Crippen molar-refractivity contribution in [2.45, 2.75) is 32.6 Å². The molecule has 1 aliphatic heterocycles. The number of amides is 2. The molecule has 2 amide bonds. The summed E-state index contributed by atoms with van der Waals surface area (Å²) in [5.74, 6) is -1.75. The van der Waals surface area contributed by atoms with Gasteiger partial charge < -0.3 is 15.3 Å². The first-order chi connectivity index (χ1) is 14.4. The van der Waals surface area contributed by atoms with E-state index >= 15 is 0 Å². The highest BCUT2D eigenvalue weighted by Gasteiger charge is 2.43. The maximum Gasteiger partial charge on any atom is 0.416 e. The van der Waals surface area contributed by atoms with E-state index in [2.05, 4.69) is 5.32 Å². The molecule has 0 aromatic heterocycles. The van der Waals surface area contributed by atoms with E-state index in [1.54, 1.807) is 13.8 Å². The van der Waals surface area contributed by atoms with Crippen molar-refractivity contribution < 1.29 is 32.3 Å². The minimum Gasteiger partial charge on any atom is -0.396 e. The number of alkyl halides is 3. The first kappa shape index (κ1) is 22.7. The van der Waals surface area contributed by atoms with Gasteiger partial charge in [0.1, 0.15) is 11.9 Å². The summed E-state index contributed by atoms with van der Waals surface area (Å²) in [5.41, 5.74) is -0.978. The van der Waals surface area contributed by atoms with Crippen LogP contribution in [0.3, 0.4) is 0 Å². The van der Waals surface area contributed by atoms with E-state index in [1.165, 1.54) is 23.1 Å². The first-order valence-electron chi connectivity index (χ1n) is 9.58. The van der Waals surface area contributed by atoms with Crippen LogP contribution in [-0.2, 0) is 17.5 Å². The maximum atomic E-state index is 13.9. The normalized spacial score (nSPS) is 16.4. The van der Waals surface area contributed by atoms with Gasteiger partial charge in [-0.25, -0.2) is 4.39 Å². The molecule has 0 bridgehead atoms. The molecule has 3 rings (SSSR count). The number of halogens is 4. The summed E-state index contributed by atoms with van der Waals surface area (Å²) in [6.45, 7) is 3.00. The van der Waals surface area contributed by atoms with Crippen LogP contribution in [0.1, 0.15) is 46.9 Å². The van der Waals surface area contributed by atoms with Gasteiger partial charge in [-0.05, 0) is 41.5 Å². The van der Waals surface area contributed by atoms with Gasteiger partial charge in [-0.1, -0.05) is 26.0 Å². The highest BCUT2D eigenvalue weighted by molar-refractivity contribution is 6.04. The van der Waals surface area contributed by atoms with Gasteiger partial charge >= 0.3 is 6.18 Å². The lowest BCUT2D eigenvalue weighted by atomic mass is 9.93. The van der Waals surface area contributed by atoms with Crippen LogP contribution in [0.25, 0.3) is 0 Å². The highest BCUT2D eigenvalue weighted by Crippen LogP contribution is 2.37. The Bertz CT molecular complexity index is 1000. The van der Waals surface area contributed by atoms with Crippen molar-refractivity contribution in [3.05, 3.63) is 70.5 Å². The SMILES string of the molecule is CC(C)(CO)CN1C(=O)c2ccc(F)cc2C1C(=O)NCc1cccc(C(F)(F)F)c1. The fourth-order valence-corrected chi connectivity index (χ4v) is 3.49. The van der Waals surface area contributed by atoms with Gasteiger partial charge in [0.05, 0.1) is 5.56 Å². The van der Waals surface area contributed by atoms with Crippen LogP contribution in [0.2, 0.25) is 0 Å². The molecule has 0 fully saturated rings. The van der Waals surface area contributed by atoms with Crippen molar-refractivity contribution in [1.82, 2.24) is 10.2 Å². The lowest BCUT2D eigenvalue weighted by Gasteiger charge is -2.32. The van der Waals surface area contributed by atoms with E-state index in [0.717, 1.165) is 24.3 Å². The van der Waals surface area contributed by atoms with Crippen molar-refractivity contribution in [2.75, 3.05) is 13.2 Å². The molecule has 1 atom stereocenters. The monoisotopic (exact) mass is 438 g/mol. The van der Waals surface area contributed by atoms with Crippen LogP contribution >= 0.6 is 0 Å². The number of carbonyl (C=O) groups is 2. The van der Waals surface area contributed by atoms with Crippen molar-refractivity contribution in [3.63, 3.8) is 0 Å². The Kier molecular flexibility index (Phi) is 6.09. The molecule has 0 saturated carbocycles. The van der Waals surface area contributed by atoms with Gasteiger partial charge in [0.15, 0.2) is 0 Å². The van der Waals surface area contributed by atoms with E-state index in [1.807, 2.05) is 0 Å². The smallest absolute Gasteiger partial charge is 0.396 e. The fourth-order valence-electron chi connectivity index (χ4n) is 3.49. The summed E-state index contributed by atoms with van der Waals surface area (Å²) in [6, 6.07) is 6.91. The Morgan fingerprint density at radius 1 is 1.16 bits per heavy atom. The second-order valence-corrected chi connectivity index (χ2v) is 8.31. The first-order valence-corrected chi connectivity index (χ1v) is 9.58. The zero-order chi connectivity index (χ0) is 23.0. The fraction of sp³-hybridized carbons (Fsp3) is 0.364. The van der Waals surface area contributed by atoms with Crippen LogP contribution in [0, 0.1) is 11.2 Å². The highest BCUT2D eigenvalue weighted by atomic mass is 19.4. The zero-order valence-corrected chi connectivity index (χ0v) is 17.0. The third-order valence-corrected chi connectivity index (χ3v) is 5.11. The molecule has 9 heteroatoms. The number of hydrogen-bond acceptors (Lipinski definition) is 3. The van der Waals surface area contributed by atoms with Gasteiger partial charge in [0.25, 0.3) is 5.91 Å². The van der Waals surface area contributed by atoms with Crippen molar-refractivity contribution in [1.29, 1.82) is 0 Å². The molecule has 2 aromatic carbocycles. The predicted molar refractivity (Wildman–Crippen MR) is 104 cm³/mol. The van der Waals surface area contributed by atoms with Gasteiger partial charge in [-0.2, -0.15) is 13.2 Å². The molecule has 5 nitrogen and oxygen atoms in total. The van der Waals surface area contributed by atoms with Crippen LogP contribution in [-0.4, -0.2) is 35.0 Å². The molecule has 0 saturated heterocycles. The average Bonchev–Trinajstić information content (AvgIpc) is 2.96. The number of hydrogen-bond donors (Lipinski definition) is 2. The number of benzene rings is 2. The third-order valence-electron chi connectivity index (χ3n) is 5.11. The summed E-state index contributed by atoms with van der Waals surface area (Å²) in [6.07, 6.45) is -4.51.